The fraction of sp³-hybridized carbons (Fsp3) is 0.500. The molecule has 2 rings (SSSR count). The molecule has 0 aliphatic heterocycles. The molecule has 0 unspecified atom stereocenters. The molecule has 19 heavy (non-hydrogen) atoms. The van der Waals surface area contributed by atoms with Gasteiger partial charge >= 0.3 is 0 Å². The quantitative estimate of drug-likeness (QED) is 0.813. The average Bonchev–Trinajstić information content (AvgIpc) is 2.91. The van der Waals surface area contributed by atoms with E-state index in [1.165, 1.54) is 6.39 Å². The maximum absolute atomic E-state index is 5.64. The second kappa shape index (κ2) is 6.04. The van der Waals surface area contributed by atoms with Gasteiger partial charge in [0.05, 0.1) is 12.2 Å². The van der Waals surface area contributed by atoms with Crippen LogP contribution < -0.4 is 5.32 Å². The first-order valence-corrected chi connectivity index (χ1v) is 6.34. The molecule has 0 amide bonds. The van der Waals surface area contributed by atoms with Crippen LogP contribution in [0.3, 0.4) is 0 Å². The Morgan fingerprint density at radius 1 is 1.26 bits per heavy atom. The summed E-state index contributed by atoms with van der Waals surface area (Å²) in [6, 6.07) is 0. The summed E-state index contributed by atoms with van der Waals surface area (Å²) in [5.41, 5.74) is 3.01. The number of furan rings is 1. The van der Waals surface area contributed by atoms with Gasteiger partial charge in [-0.3, -0.25) is 0 Å². The second-order valence-electron chi connectivity index (χ2n) is 4.51. The van der Waals surface area contributed by atoms with Crippen molar-refractivity contribution < 1.29 is 13.6 Å². The molecule has 0 aliphatic carbocycles. The molecule has 0 fully saturated rings. The number of ether oxygens (including phenoxy) is 1. The lowest BCUT2D eigenvalue weighted by Crippen LogP contribution is -2.19. The molecule has 2 heterocycles. The van der Waals surface area contributed by atoms with Crippen molar-refractivity contribution in [2.75, 3.05) is 20.3 Å². The van der Waals surface area contributed by atoms with E-state index in [-0.39, 0.29) is 0 Å². The monoisotopic (exact) mass is 264 g/mol. The molecule has 5 heteroatoms. The third kappa shape index (κ3) is 2.88. The van der Waals surface area contributed by atoms with Gasteiger partial charge in [0.2, 0.25) is 0 Å². The van der Waals surface area contributed by atoms with Crippen molar-refractivity contribution in [2.24, 2.45) is 0 Å². The number of rotatable bonds is 6. The molecule has 0 aliphatic rings. The Bertz CT molecular complexity index is 543. The predicted molar refractivity (Wildman–Crippen MR) is 72.0 cm³/mol. The predicted octanol–water partition coefficient (Wildman–Crippen LogP) is 2.60. The van der Waals surface area contributed by atoms with Crippen molar-refractivity contribution in [1.82, 2.24) is 10.3 Å². The van der Waals surface area contributed by atoms with Gasteiger partial charge in [0.25, 0.3) is 0 Å². The molecule has 104 valence electrons. The van der Waals surface area contributed by atoms with E-state index >= 15 is 0 Å². The lowest BCUT2D eigenvalue weighted by molar-refractivity contribution is 0.199. The molecule has 1 N–H and O–H groups in total. The number of aromatic nitrogens is 1. The fourth-order valence-electron chi connectivity index (χ4n) is 2.11. The number of methoxy groups -OCH3 is 1. The minimum atomic E-state index is 0.651. The van der Waals surface area contributed by atoms with Gasteiger partial charge in [-0.1, -0.05) is 0 Å². The number of nitrogens with one attached hydrogen (secondary N) is 1. The minimum Gasteiger partial charge on any atom is -0.466 e. The molecular weight excluding hydrogens is 244 g/mol. The van der Waals surface area contributed by atoms with Crippen molar-refractivity contribution in [3.63, 3.8) is 0 Å². The van der Waals surface area contributed by atoms with Crippen LogP contribution in [0.1, 0.15) is 22.8 Å². The van der Waals surface area contributed by atoms with Crippen LogP contribution >= 0.6 is 0 Å². The van der Waals surface area contributed by atoms with E-state index in [2.05, 4.69) is 10.3 Å². The Labute approximate surface area is 113 Å². The van der Waals surface area contributed by atoms with Gasteiger partial charge in [0.1, 0.15) is 17.2 Å². The molecule has 0 atom stereocenters. The Balaban J connectivity index is 2.19. The van der Waals surface area contributed by atoms with Gasteiger partial charge in [-0.2, -0.15) is 0 Å². The zero-order valence-corrected chi connectivity index (χ0v) is 11.9. The van der Waals surface area contributed by atoms with Gasteiger partial charge in [-0.25, -0.2) is 4.98 Å². The standard InChI is InChI=1S/C14H20N2O3/c1-9-10(2)19-11(3)13(9)14-12(16-8-18-14)7-15-5-6-17-4/h8,15H,5-7H2,1-4H3. The van der Waals surface area contributed by atoms with Crippen LogP contribution in [-0.4, -0.2) is 25.2 Å². The lowest BCUT2D eigenvalue weighted by Gasteiger charge is -2.04. The average molecular weight is 264 g/mol. The van der Waals surface area contributed by atoms with Crippen LogP contribution in [-0.2, 0) is 11.3 Å². The molecule has 5 nitrogen and oxygen atoms in total. The largest absolute Gasteiger partial charge is 0.466 e. The number of nitrogens with zero attached hydrogens (tertiary/aromatic N) is 1. The van der Waals surface area contributed by atoms with Crippen LogP contribution in [0.25, 0.3) is 11.3 Å². The van der Waals surface area contributed by atoms with Crippen LogP contribution in [0.15, 0.2) is 15.2 Å². The summed E-state index contributed by atoms with van der Waals surface area (Å²) in [4.78, 5) is 4.27. The summed E-state index contributed by atoms with van der Waals surface area (Å²) in [5.74, 6) is 2.57. The summed E-state index contributed by atoms with van der Waals surface area (Å²) < 4.78 is 16.2. The van der Waals surface area contributed by atoms with Gasteiger partial charge in [0, 0.05) is 25.8 Å². The number of hydrogen-bond donors (Lipinski definition) is 1. The van der Waals surface area contributed by atoms with Crippen LogP contribution in [0.4, 0.5) is 0 Å². The molecule has 0 radical (unpaired) electrons. The second-order valence-corrected chi connectivity index (χ2v) is 4.51. The highest BCUT2D eigenvalue weighted by Gasteiger charge is 2.19. The number of hydrogen-bond acceptors (Lipinski definition) is 5. The fourth-order valence-corrected chi connectivity index (χ4v) is 2.11. The van der Waals surface area contributed by atoms with Gasteiger partial charge < -0.3 is 18.9 Å². The van der Waals surface area contributed by atoms with E-state index in [0.29, 0.717) is 13.2 Å². The normalized spacial score (nSPS) is 11.2. The van der Waals surface area contributed by atoms with E-state index in [1.807, 2.05) is 20.8 Å². The Morgan fingerprint density at radius 2 is 2.05 bits per heavy atom. The molecule has 2 aromatic heterocycles. The Morgan fingerprint density at radius 3 is 2.68 bits per heavy atom. The summed E-state index contributed by atoms with van der Waals surface area (Å²) >= 11 is 0. The van der Waals surface area contributed by atoms with Crippen molar-refractivity contribution in [3.8, 4) is 11.3 Å². The van der Waals surface area contributed by atoms with Crippen LogP contribution in [0.2, 0.25) is 0 Å². The SMILES string of the molecule is COCCNCc1ncoc1-c1c(C)oc(C)c1C. The van der Waals surface area contributed by atoms with Crippen molar-refractivity contribution in [2.45, 2.75) is 27.3 Å². The van der Waals surface area contributed by atoms with Crippen LogP contribution in [0.5, 0.6) is 0 Å². The lowest BCUT2D eigenvalue weighted by atomic mass is 10.1. The molecule has 2 aromatic rings. The molecule has 0 saturated heterocycles. The van der Waals surface area contributed by atoms with E-state index < -0.39 is 0 Å². The van der Waals surface area contributed by atoms with E-state index in [4.69, 9.17) is 13.6 Å². The van der Waals surface area contributed by atoms with Gasteiger partial charge in [-0.05, 0) is 20.8 Å². The molecule has 0 saturated carbocycles. The van der Waals surface area contributed by atoms with E-state index in [1.54, 1.807) is 7.11 Å². The summed E-state index contributed by atoms with van der Waals surface area (Å²) in [7, 11) is 1.68. The van der Waals surface area contributed by atoms with Crippen molar-refractivity contribution >= 4 is 0 Å². The van der Waals surface area contributed by atoms with Crippen molar-refractivity contribution in [1.29, 1.82) is 0 Å². The maximum Gasteiger partial charge on any atom is 0.181 e. The highest BCUT2D eigenvalue weighted by atomic mass is 16.5. The molecule has 0 spiro atoms. The molecular formula is C14H20N2O3. The van der Waals surface area contributed by atoms with Gasteiger partial charge in [-0.15, -0.1) is 0 Å². The minimum absolute atomic E-state index is 0.651. The van der Waals surface area contributed by atoms with Gasteiger partial charge in [0.15, 0.2) is 12.2 Å². The molecule has 0 aromatic carbocycles. The smallest absolute Gasteiger partial charge is 0.181 e. The maximum atomic E-state index is 5.64. The third-order valence-electron chi connectivity index (χ3n) is 3.21. The highest BCUT2D eigenvalue weighted by molar-refractivity contribution is 5.67. The highest BCUT2D eigenvalue weighted by Crippen LogP contribution is 2.33. The zero-order valence-electron chi connectivity index (χ0n) is 11.9. The van der Waals surface area contributed by atoms with Crippen molar-refractivity contribution in [3.05, 3.63) is 29.2 Å². The third-order valence-corrected chi connectivity index (χ3v) is 3.21. The zero-order chi connectivity index (χ0) is 13.8. The summed E-state index contributed by atoms with van der Waals surface area (Å²) in [5, 5.41) is 3.27. The molecule has 0 bridgehead atoms. The van der Waals surface area contributed by atoms with E-state index in [9.17, 15) is 0 Å². The van der Waals surface area contributed by atoms with Crippen LogP contribution in [0, 0.1) is 20.8 Å². The first kappa shape index (κ1) is 13.8. The first-order chi connectivity index (χ1) is 9.15. The summed E-state index contributed by atoms with van der Waals surface area (Å²) in [6.45, 7) is 8.05. The number of oxazole rings is 1. The van der Waals surface area contributed by atoms with E-state index in [0.717, 1.165) is 40.6 Å². The first-order valence-electron chi connectivity index (χ1n) is 6.34. The summed E-state index contributed by atoms with van der Waals surface area (Å²) in [6.07, 6.45) is 1.48. The topological polar surface area (TPSA) is 60.4 Å². The number of aryl methyl sites for hydroxylation is 2. The Hall–Kier alpha value is -1.59. The Kier molecular flexibility index (Phi) is 4.39.